The molecule has 8 nitrogen and oxygen atoms in total. The molecule has 0 bridgehead atoms. The molecule has 1 aromatic rings. The molecule has 2 aliphatic heterocycles. The van der Waals surface area contributed by atoms with Crippen LogP contribution >= 0.6 is 23.8 Å². The standard InChI is InChI=1S/C23H36ClN5O3S/c1-4-31-21-12-20(25)19(24)11-18(21)22(30)26-13-17-15-28(9-10-32-17)14-16-5-7-29(8-6-16)23(33)27(2)3/h11-12,16-17H,4-10,13-15,25H2,1-3H3,(H,26,30). The lowest BCUT2D eigenvalue weighted by Gasteiger charge is -2.39. The summed E-state index contributed by atoms with van der Waals surface area (Å²) in [5.74, 6) is 0.846. The number of piperidine rings is 1. The zero-order valence-electron chi connectivity index (χ0n) is 19.8. The lowest BCUT2D eigenvalue weighted by atomic mass is 9.96. The summed E-state index contributed by atoms with van der Waals surface area (Å²) in [6.07, 6.45) is 2.24. The van der Waals surface area contributed by atoms with E-state index in [1.165, 1.54) is 0 Å². The minimum absolute atomic E-state index is 0.0519. The van der Waals surface area contributed by atoms with Gasteiger partial charge in [-0.1, -0.05) is 11.6 Å². The summed E-state index contributed by atoms with van der Waals surface area (Å²) in [6, 6.07) is 3.15. The normalized spacial score (nSPS) is 19.9. The zero-order valence-corrected chi connectivity index (χ0v) is 21.4. The average molecular weight is 498 g/mol. The Labute approximate surface area is 207 Å². The summed E-state index contributed by atoms with van der Waals surface area (Å²) < 4.78 is 11.5. The number of nitrogen functional groups attached to an aromatic ring is 1. The molecule has 3 rings (SSSR count). The minimum atomic E-state index is -0.245. The molecule has 1 atom stereocenters. The van der Waals surface area contributed by atoms with Crippen LogP contribution in [0.15, 0.2) is 12.1 Å². The Balaban J connectivity index is 1.47. The fourth-order valence-electron chi connectivity index (χ4n) is 4.35. The molecule has 0 spiro atoms. The van der Waals surface area contributed by atoms with Gasteiger partial charge in [-0.15, -0.1) is 0 Å². The van der Waals surface area contributed by atoms with Crippen LogP contribution < -0.4 is 15.8 Å². The SMILES string of the molecule is CCOc1cc(N)c(Cl)cc1C(=O)NCC1CN(CC2CCN(C(=S)N(C)C)CC2)CCO1. The monoisotopic (exact) mass is 497 g/mol. The Hall–Kier alpha value is -1.81. The number of likely N-dealkylation sites (tertiary alicyclic amines) is 1. The van der Waals surface area contributed by atoms with Gasteiger partial charge < -0.3 is 30.3 Å². The van der Waals surface area contributed by atoms with Gasteiger partial charge in [0.05, 0.1) is 35.6 Å². The summed E-state index contributed by atoms with van der Waals surface area (Å²) in [4.78, 5) is 19.6. The van der Waals surface area contributed by atoms with Crippen molar-refractivity contribution >= 4 is 40.5 Å². The lowest BCUT2D eigenvalue weighted by Crippen LogP contribution is -2.50. The number of thiocarbonyl (C=S) groups is 1. The first kappa shape index (κ1) is 25.8. The molecule has 184 valence electrons. The van der Waals surface area contributed by atoms with E-state index in [9.17, 15) is 4.79 Å². The number of nitrogens with two attached hydrogens (primary N) is 1. The highest BCUT2D eigenvalue weighted by atomic mass is 35.5. The molecule has 2 aliphatic rings. The van der Waals surface area contributed by atoms with E-state index in [1.54, 1.807) is 12.1 Å². The smallest absolute Gasteiger partial charge is 0.255 e. The van der Waals surface area contributed by atoms with Gasteiger partial charge in [0.15, 0.2) is 5.11 Å². The van der Waals surface area contributed by atoms with Crippen LogP contribution in [-0.2, 0) is 4.74 Å². The Bertz CT molecular complexity index is 833. The second-order valence-electron chi connectivity index (χ2n) is 8.87. The maximum absolute atomic E-state index is 12.8. The fraction of sp³-hybridized carbons (Fsp3) is 0.652. The van der Waals surface area contributed by atoms with E-state index in [4.69, 9.17) is 39.0 Å². The average Bonchev–Trinajstić information content (AvgIpc) is 2.80. The number of hydrogen-bond acceptors (Lipinski definition) is 6. The van der Waals surface area contributed by atoms with Crippen molar-refractivity contribution in [3.8, 4) is 5.75 Å². The van der Waals surface area contributed by atoms with Gasteiger partial charge in [0.25, 0.3) is 5.91 Å². The van der Waals surface area contributed by atoms with Crippen LogP contribution in [0, 0.1) is 5.92 Å². The van der Waals surface area contributed by atoms with Gasteiger partial charge in [0.1, 0.15) is 5.75 Å². The topological polar surface area (TPSA) is 83.3 Å². The van der Waals surface area contributed by atoms with E-state index in [1.807, 2.05) is 25.9 Å². The molecule has 0 aliphatic carbocycles. The molecule has 1 amide bonds. The van der Waals surface area contributed by atoms with Crippen LogP contribution in [0.2, 0.25) is 5.02 Å². The zero-order chi connectivity index (χ0) is 24.0. The number of anilines is 1. The molecule has 33 heavy (non-hydrogen) atoms. The number of morpholine rings is 1. The second kappa shape index (κ2) is 12.1. The van der Waals surface area contributed by atoms with E-state index in [0.717, 1.165) is 50.7 Å². The molecule has 2 fully saturated rings. The maximum atomic E-state index is 12.8. The van der Waals surface area contributed by atoms with Gasteiger partial charge >= 0.3 is 0 Å². The highest BCUT2D eigenvalue weighted by molar-refractivity contribution is 7.80. The number of ether oxygens (including phenoxy) is 2. The van der Waals surface area contributed by atoms with Crippen LogP contribution in [-0.4, -0.2) is 98.4 Å². The first-order chi connectivity index (χ1) is 15.8. The van der Waals surface area contributed by atoms with Crippen molar-refractivity contribution < 1.29 is 14.3 Å². The first-order valence-electron chi connectivity index (χ1n) is 11.6. The second-order valence-corrected chi connectivity index (χ2v) is 9.65. The highest BCUT2D eigenvalue weighted by Crippen LogP contribution is 2.29. The van der Waals surface area contributed by atoms with Crippen LogP contribution in [0.3, 0.4) is 0 Å². The van der Waals surface area contributed by atoms with Crippen molar-refractivity contribution in [3.63, 3.8) is 0 Å². The van der Waals surface area contributed by atoms with Crippen molar-refractivity contribution in [2.24, 2.45) is 5.92 Å². The van der Waals surface area contributed by atoms with Gasteiger partial charge in [-0.2, -0.15) is 0 Å². The quantitative estimate of drug-likeness (QED) is 0.438. The molecule has 0 aromatic heterocycles. The number of carbonyl (C=O) groups excluding carboxylic acids is 1. The number of carbonyl (C=O) groups is 1. The first-order valence-corrected chi connectivity index (χ1v) is 12.4. The number of benzene rings is 1. The molecular weight excluding hydrogens is 462 g/mol. The third-order valence-corrected chi connectivity index (χ3v) is 7.09. The molecule has 3 N–H and O–H groups in total. The Morgan fingerprint density at radius 2 is 2.06 bits per heavy atom. The van der Waals surface area contributed by atoms with Gasteiger partial charge in [-0.05, 0) is 44.0 Å². The Kier molecular flexibility index (Phi) is 9.43. The van der Waals surface area contributed by atoms with Gasteiger partial charge in [-0.3, -0.25) is 9.69 Å². The molecule has 0 radical (unpaired) electrons. The maximum Gasteiger partial charge on any atom is 0.255 e. The van der Waals surface area contributed by atoms with Crippen molar-refractivity contribution in [1.29, 1.82) is 0 Å². The Morgan fingerprint density at radius 3 is 2.73 bits per heavy atom. The van der Waals surface area contributed by atoms with Crippen molar-refractivity contribution in [2.45, 2.75) is 25.9 Å². The molecule has 1 aromatic carbocycles. The number of rotatable bonds is 7. The van der Waals surface area contributed by atoms with Crippen molar-refractivity contribution in [2.75, 3.05) is 72.3 Å². The number of halogens is 1. The van der Waals surface area contributed by atoms with E-state index in [0.29, 0.717) is 47.7 Å². The van der Waals surface area contributed by atoms with E-state index in [2.05, 4.69) is 15.1 Å². The molecule has 1 unspecified atom stereocenters. The van der Waals surface area contributed by atoms with Crippen LogP contribution in [0.4, 0.5) is 5.69 Å². The highest BCUT2D eigenvalue weighted by Gasteiger charge is 2.27. The molecule has 2 heterocycles. The predicted octanol–water partition coefficient (Wildman–Crippen LogP) is 2.31. The van der Waals surface area contributed by atoms with Crippen LogP contribution in [0.1, 0.15) is 30.1 Å². The van der Waals surface area contributed by atoms with Crippen molar-refractivity contribution in [1.82, 2.24) is 20.0 Å². The number of amides is 1. The van der Waals surface area contributed by atoms with Crippen LogP contribution in [0.25, 0.3) is 0 Å². The summed E-state index contributed by atoms with van der Waals surface area (Å²) in [6.45, 7) is 8.19. The fourth-order valence-corrected chi connectivity index (χ4v) is 4.69. The molecular formula is C23H36ClN5O3S. The van der Waals surface area contributed by atoms with Gasteiger partial charge in [-0.25, -0.2) is 0 Å². The van der Waals surface area contributed by atoms with Crippen molar-refractivity contribution in [3.05, 3.63) is 22.7 Å². The Morgan fingerprint density at radius 1 is 1.33 bits per heavy atom. The third-order valence-electron chi connectivity index (χ3n) is 6.14. The van der Waals surface area contributed by atoms with Gasteiger partial charge in [0, 0.05) is 59.4 Å². The lowest BCUT2D eigenvalue weighted by molar-refractivity contribution is -0.0329. The van der Waals surface area contributed by atoms with E-state index >= 15 is 0 Å². The van der Waals surface area contributed by atoms with E-state index < -0.39 is 0 Å². The number of hydrogen-bond donors (Lipinski definition) is 2. The minimum Gasteiger partial charge on any atom is -0.493 e. The third kappa shape index (κ3) is 7.09. The molecule has 2 saturated heterocycles. The summed E-state index contributed by atoms with van der Waals surface area (Å²) in [7, 11) is 4.00. The number of nitrogens with zero attached hydrogens (tertiary/aromatic N) is 3. The molecule has 10 heteroatoms. The predicted molar refractivity (Wildman–Crippen MR) is 136 cm³/mol. The largest absolute Gasteiger partial charge is 0.493 e. The van der Waals surface area contributed by atoms with Crippen LogP contribution in [0.5, 0.6) is 5.75 Å². The summed E-state index contributed by atoms with van der Waals surface area (Å²) >= 11 is 11.6. The number of nitrogens with one attached hydrogen (secondary N) is 1. The summed E-state index contributed by atoms with van der Waals surface area (Å²) in [5, 5.41) is 4.23. The van der Waals surface area contributed by atoms with E-state index in [-0.39, 0.29) is 12.0 Å². The van der Waals surface area contributed by atoms with Gasteiger partial charge in [0.2, 0.25) is 0 Å². The molecule has 0 saturated carbocycles. The summed E-state index contributed by atoms with van der Waals surface area (Å²) in [5.41, 5.74) is 6.63.